The Bertz CT molecular complexity index is 337. The molecule has 94 valence electrons. The summed E-state index contributed by atoms with van der Waals surface area (Å²) < 4.78 is 9.42. The first-order chi connectivity index (χ1) is 8.13. The van der Waals surface area contributed by atoms with Crippen molar-refractivity contribution < 1.29 is 23.9 Å². The number of carbonyl (C=O) groups is 3. The topological polar surface area (TPSA) is 81.7 Å². The fourth-order valence-electron chi connectivity index (χ4n) is 1.36. The SMILES string of the molecule is CCOC(=O)/C=C/C(=O)OCC1CCNC1=O. The fraction of sp³-hybridized carbons (Fsp3) is 0.545. The van der Waals surface area contributed by atoms with Crippen LogP contribution < -0.4 is 5.32 Å². The summed E-state index contributed by atoms with van der Waals surface area (Å²) in [5.74, 6) is -1.64. The second-order valence-corrected chi connectivity index (χ2v) is 3.49. The van der Waals surface area contributed by atoms with Crippen LogP contribution in [0.3, 0.4) is 0 Å². The van der Waals surface area contributed by atoms with Gasteiger partial charge in [-0.15, -0.1) is 0 Å². The maximum Gasteiger partial charge on any atom is 0.331 e. The van der Waals surface area contributed by atoms with Gasteiger partial charge in [0.25, 0.3) is 0 Å². The molecule has 1 amide bonds. The molecule has 0 saturated carbocycles. The van der Waals surface area contributed by atoms with Crippen LogP contribution in [-0.2, 0) is 23.9 Å². The molecule has 0 aromatic heterocycles. The van der Waals surface area contributed by atoms with Crippen molar-refractivity contribution in [1.29, 1.82) is 0 Å². The molecule has 6 heteroatoms. The van der Waals surface area contributed by atoms with Crippen LogP contribution in [0, 0.1) is 5.92 Å². The Hall–Kier alpha value is -1.85. The van der Waals surface area contributed by atoms with Gasteiger partial charge in [0, 0.05) is 18.7 Å². The fourth-order valence-corrected chi connectivity index (χ4v) is 1.36. The minimum atomic E-state index is -0.655. The van der Waals surface area contributed by atoms with Crippen molar-refractivity contribution in [2.75, 3.05) is 19.8 Å². The van der Waals surface area contributed by atoms with Crippen LogP contribution >= 0.6 is 0 Å². The van der Waals surface area contributed by atoms with Crippen molar-refractivity contribution in [3.05, 3.63) is 12.2 Å². The van der Waals surface area contributed by atoms with E-state index in [-0.39, 0.29) is 25.0 Å². The van der Waals surface area contributed by atoms with E-state index in [0.29, 0.717) is 13.0 Å². The van der Waals surface area contributed by atoms with Crippen LogP contribution in [0.2, 0.25) is 0 Å². The maximum atomic E-state index is 11.2. The van der Waals surface area contributed by atoms with Crippen LogP contribution in [0.5, 0.6) is 0 Å². The molecule has 0 aliphatic carbocycles. The highest BCUT2D eigenvalue weighted by Gasteiger charge is 2.24. The predicted molar refractivity (Wildman–Crippen MR) is 57.8 cm³/mol. The van der Waals surface area contributed by atoms with Crippen molar-refractivity contribution in [3.63, 3.8) is 0 Å². The van der Waals surface area contributed by atoms with Crippen molar-refractivity contribution in [2.24, 2.45) is 5.92 Å². The zero-order valence-corrected chi connectivity index (χ0v) is 9.60. The number of ether oxygens (including phenoxy) is 2. The zero-order chi connectivity index (χ0) is 12.7. The summed E-state index contributed by atoms with van der Waals surface area (Å²) in [5, 5.41) is 2.64. The molecule has 17 heavy (non-hydrogen) atoms. The van der Waals surface area contributed by atoms with Crippen LogP contribution in [0.25, 0.3) is 0 Å². The predicted octanol–water partition coefficient (Wildman–Crippen LogP) is -0.215. The van der Waals surface area contributed by atoms with Gasteiger partial charge < -0.3 is 14.8 Å². The van der Waals surface area contributed by atoms with E-state index in [4.69, 9.17) is 4.74 Å². The van der Waals surface area contributed by atoms with Crippen molar-refractivity contribution >= 4 is 17.8 Å². The van der Waals surface area contributed by atoms with E-state index in [0.717, 1.165) is 12.2 Å². The summed E-state index contributed by atoms with van der Waals surface area (Å²) >= 11 is 0. The van der Waals surface area contributed by atoms with E-state index >= 15 is 0 Å². The third kappa shape index (κ3) is 4.67. The highest BCUT2D eigenvalue weighted by atomic mass is 16.5. The molecule has 0 aromatic carbocycles. The summed E-state index contributed by atoms with van der Waals surface area (Å²) in [6.07, 6.45) is 2.65. The van der Waals surface area contributed by atoms with E-state index in [2.05, 4.69) is 10.1 Å². The van der Waals surface area contributed by atoms with E-state index < -0.39 is 11.9 Å². The van der Waals surface area contributed by atoms with Gasteiger partial charge in [0.2, 0.25) is 5.91 Å². The number of rotatable bonds is 5. The first-order valence-corrected chi connectivity index (χ1v) is 5.42. The quantitative estimate of drug-likeness (QED) is 0.532. The van der Waals surface area contributed by atoms with Gasteiger partial charge in [-0.1, -0.05) is 0 Å². The van der Waals surface area contributed by atoms with E-state index in [9.17, 15) is 14.4 Å². The molecule has 1 aliphatic rings. The Labute approximate surface area is 99.0 Å². The molecule has 6 nitrogen and oxygen atoms in total. The van der Waals surface area contributed by atoms with Crippen LogP contribution in [0.15, 0.2) is 12.2 Å². The Morgan fingerprint density at radius 3 is 2.53 bits per heavy atom. The summed E-state index contributed by atoms with van der Waals surface area (Å²) in [5.41, 5.74) is 0. The minimum absolute atomic E-state index is 0.0395. The van der Waals surface area contributed by atoms with Gasteiger partial charge in [0.05, 0.1) is 12.5 Å². The zero-order valence-electron chi connectivity index (χ0n) is 9.60. The molecule has 1 saturated heterocycles. The van der Waals surface area contributed by atoms with Gasteiger partial charge >= 0.3 is 11.9 Å². The molecule has 0 aromatic rings. The minimum Gasteiger partial charge on any atom is -0.463 e. The smallest absolute Gasteiger partial charge is 0.331 e. The van der Waals surface area contributed by atoms with Gasteiger partial charge in [-0.25, -0.2) is 9.59 Å². The molecule has 1 unspecified atom stereocenters. The average molecular weight is 241 g/mol. The standard InChI is InChI=1S/C11H15NO5/c1-2-16-9(13)3-4-10(14)17-7-8-5-6-12-11(8)15/h3-4,8H,2,5-7H2,1H3,(H,12,15)/b4-3+. The second-order valence-electron chi connectivity index (χ2n) is 3.49. The summed E-state index contributed by atoms with van der Waals surface area (Å²) in [6, 6.07) is 0. The summed E-state index contributed by atoms with van der Waals surface area (Å²) in [6.45, 7) is 2.57. The van der Waals surface area contributed by atoms with Crippen LogP contribution in [0.4, 0.5) is 0 Å². The van der Waals surface area contributed by atoms with Gasteiger partial charge in [-0.05, 0) is 13.3 Å². The van der Waals surface area contributed by atoms with E-state index in [1.165, 1.54) is 0 Å². The highest BCUT2D eigenvalue weighted by Crippen LogP contribution is 2.09. The first kappa shape index (κ1) is 13.2. The van der Waals surface area contributed by atoms with Gasteiger partial charge in [-0.3, -0.25) is 4.79 Å². The number of hydrogen-bond donors (Lipinski definition) is 1. The van der Waals surface area contributed by atoms with Gasteiger partial charge in [-0.2, -0.15) is 0 Å². The number of carbonyl (C=O) groups excluding carboxylic acids is 3. The van der Waals surface area contributed by atoms with Gasteiger partial charge in [0.15, 0.2) is 0 Å². The van der Waals surface area contributed by atoms with E-state index in [1.807, 2.05) is 0 Å². The average Bonchev–Trinajstić information content (AvgIpc) is 2.70. The first-order valence-electron chi connectivity index (χ1n) is 5.42. The van der Waals surface area contributed by atoms with E-state index in [1.54, 1.807) is 6.92 Å². The van der Waals surface area contributed by atoms with Crippen molar-refractivity contribution in [3.8, 4) is 0 Å². The lowest BCUT2D eigenvalue weighted by Gasteiger charge is -2.05. The summed E-state index contributed by atoms with van der Waals surface area (Å²) in [7, 11) is 0. The maximum absolute atomic E-state index is 11.2. The molecule has 1 heterocycles. The lowest BCUT2D eigenvalue weighted by molar-refractivity contribution is -0.142. The Balaban J connectivity index is 2.25. The number of nitrogens with one attached hydrogen (secondary N) is 1. The third-order valence-corrected chi connectivity index (χ3v) is 2.23. The lowest BCUT2D eigenvalue weighted by Crippen LogP contribution is -2.23. The number of amides is 1. The molecule has 1 aliphatic heterocycles. The molecular formula is C11H15NO5. The highest BCUT2D eigenvalue weighted by molar-refractivity contribution is 5.91. The molecule has 1 fully saturated rings. The summed E-state index contributed by atoms with van der Waals surface area (Å²) in [4.78, 5) is 33.2. The number of esters is 2. The Morgan fingerprint density at radius 2 is 2.00 bits per heavy atom. The Kier molecular flexibility index (Phi) is 5.19. The largest absolute Gasteiger partial charge is 0.463 e. The van der Waals surface area contributed by atoms with Crippen molar-refractivity contribution in [1.82, 2.24) is 5.32 Å². The van der Waals surface area contributed by atoms with Crippen LogP contribution in [-0.4, -0.2) is 37.6 Å². The molecular weight excluding hydrogens is 226 g/mol. The Morgan fingerprint density at radius 1 is 1.35 bits per heavy atom. The lowest BCUT2D eigenvalue weighted by atomic mass is 10.1. The van der Waals surface area contributed by atoms with Gasteiger partial charge in [0.1, 0.15) is 6.61 Å². The molecule has 1 N–H and O–H groups in total. The molecule has 1 rings (SSSR count). The normalized spacial score (nSPS) is 19.1. The number of hydrogen-bond acceptors (Lipinski definition) is 5. The molecule has 1 atom stereocenters. The van der Waals surface area contributed by atoms with Crippen LogP contribution in [0.1, 0.15) is 13.3 Å². The van der Waals surface area contributed by atoms with Crippen molar-refractivity contribution in [2.45, 2.75) is 13.3 Å². The molecule has 0 bridgehead atoms. The molecule has 0 radical (unpaired) electrons. The molecule has 0 spiro atoms. The monoisotopic (exact) mass is 241 g/mol. The third-order valence-electron chi connectivity index (χ3n) is 2.23. The second kappa shape index (κ2) is 6.67.